The van der Waals surface area contributed by atoms with Crippen molar-refractivity contribution in [3.05, 3.63) is 53.5 Å². The molecule has 0 aliphatic carbocycles. The summed E-state index contributed by atoms with van der Waals surface area (Å²) in [6.45, 7) is 4.06. The van der Waals surface area contributed by atoms with Gasteiger partial charge in [-0.15, -0.1) is 0 Å². The molecule has 0 unspecified atom stereocenters. The summed E-state index contributed by atoms with van der Waals surface area (Å²) >= 11 is 1.49. The number of nitrogens with zero attached hydrogens (tertiary/aromatic N) is 1. The standard InChI is InChI=1S/C16H14N2O2S/c1-10-5-6-11(2)15-14(10)18-16(21-15)17-13(19)8-7-12-4-3-9-20-12/h3-9H,1-2H3,(H,17,18,19)/b8-7+. The molecule has 1 amide bonds. The molecule has 106 valence electrons. The lowest BCUT2D eigenvalue weighted by molar-refractivity contribution is -0.111. The number of amides is 1. The number of aromatic nitrogens is 1. The molecule has 0 aliphatic heterocycles. The number of carbonyl (C=O) groups excluding carboxylic acids is 1. The van der Waals surface area contributed by atoms with Crippen molar-refractivity contribution in [3.8, 4) is 0 Å². The van der Waals surface area contributed by atoms with Crippen LogP contribution in [0.4, 0.5) is 5.13 Å². The molecule has 2 aromatic heterocycles. The van der Waals surface area contributed by atoms with E-state index in [4.69, 9.17) is 4.42 Å². The van der Waals surface area contributed by atoms with Gasteiger partial charge in [0.25, 0.3) is 0 Å². The van der Waals surface area contributed by atoms with Crippen molar-refractivity contribution in [2.75, 3.05) is 5.32 Å². The summed E-state index contributed by atoms with van der Waals surface area (Å²) in [5.41, 5.74) is 3.23. The molecule has 0 spiro atoms. The van der Waals surface area contributed by atoms with E-state index < -0.39 is 0 Å². The number of hydrogen-bond donors (Lipinski definition) is 1. The third kappa shape index (κ3) is 2.87. The van der Waals surface area contributed by atoms with Gasteiger partial charge in [0.05, 0.1) is 16.5 Å². The predicted molar refractivity (Wildman–Crippen MR) is 85.5 cm³/mol. The molecule has 3 rings (SSSR count). The number of rotatable bonds is 3. The van der Waals surface area contributed by atoms with Crippen LogP contribution in [0.1, 0.15) is 16.9 Å². The van der Waals surface area contributed by atoms with E-state index in [-0.39, 0.29) is 5.91 Å². The van der Waals surface area contributed by atoms with Crippen LogP contribution >= 0.6 is 11.3 Å². The summed E-state index contributed by atoms with van der Waals surface area (Å²) in [6.07, 6.45) is 4.63. The first-order valence-electron chi connectivity index (χ1n) is 6.53. The topological polar surface area (TPSA) is 55.1 Å². The van der Waals surface area contributed by atoms with Crippen LogP contribution in [0.5, 0.6) is 0 Å². The Morgan fingerprint density at radius 3 is 2.81 bits per heavy atom. The van der Waals surface area contributed by atoms with Crippen molar-refractivity contribution in [2.24, 2.45) is 0 Å². The van der Waals surface area contributed by atoms with Crippen LogP contribution in [0.3, 0.4) is 0 Å². The molecule has 4 nitrogen and oxygen atoms in total. The second kappa shape index (κ2) is 5.54. The van der Waals surface area contributed by atoms with E-state index >= 15 is 0 Å². The minimum atomic E-state index is -0.222. The minimum Gasteiger partial charge on any atom is -0.465 e. The fourth-order valence-electron chi connectivity index (χ4n) is 2.00. The van der Waals surface area contributed by atoms with Crippen molar-refractivity contribution in [1.82, 2.24) is 4.98 Å². The first-order chi connectivity index (χ1) is 10.1. The maximum Gasteiger partial charge on any atom is 0.250 e. The number of fused-ring (bicyclic) bond motifs is 1. The van der Waals surface area contributed by atoms with E-state index in [1.54, 1.807) is 24.5 Å². The summed E-state index contributed by atoms with van der Waals surface area (Å²) in [6, 6.07) is 7.67. The van der Waals surface area contributed by atoms with Gasteiger partial charge in [-0.25, -0.2) is 4.98 Å². The fraction of sp³-hybridized carbons (Fsp3) is 0.125. The Kier molecular flexibility index (Phi) is 3.58. The molecule has 2 heterocycles. The van der Waals surface area contributed by atoms with Gasteiger partial charge in [-0.3, -0.25) is 10.1 Å². The number of benzene rings is 1. The Balaban J connectivity index is 1.80. The molecule has 21 heavy (non-hydrogen) atoms. The lowest BCUT2D eigenvalue weighted by atomic mass is 10.1. The summed E-state index contributed by atoms with van der Waals surface area (Å²) in [4.78, 5) is 16.4. The molecule has 0 fully saturated rings. The Morgan fingerprint density at radius 2 is 2.10 bits per heavy atom. The van der Waals surface area contributed by atoms with Gasteiger partial charge in [0.2, 0.25) is 5.91 Å². The van der Waals surface area contributed by atoms with Crippen LogP contribution in [0.2, 0.25) is 0 Å². The Bertz CT molecular complexity index is 777. The molecule has 0 bridgehead atoms. The largest absolute Gasteiger partial charge is 0.465 e. The highest BCUT2D eigenvalue weighted by molar-refractivity contribution is 7.22. The number of carbonyl (C=O) groups is 1. The highest BCUT2D eigenvalue weighted by atomic mass is 32.1. The van der Waals surface area contributed by atoms with Gasteiger partial charge in [0, 0.05) is 6.08 Å². The monoisotopic (exact) mass is 298 g/mol. The number of furan rings is 1. The van der Waals surface area contributed by atoms with Crippen LogP contribution in [0.15, 0.2) is 41.0 Å². The number of anilines is 1. The van der Waals surface area contributed by atoms with E-state index in [1.165, 1.54) is 23.0 Å². The molecule has 3 aromatic rings. The fourth-order valence-corrected chi connectivity index (χ4v) is 3.02. The summed E-state index contributed by atoms with van der Waals surface area (Å²) in [7, 11) is 0. The van der Waals surface area contributed by atoms with Gasteiger partial charge in [-0.1, -0.05) is 23.5 Å². The van der Waals surface area contributed by atoms with Gasteiger partial charge in [-0.05, 0) is 43.2 Å². The van der Waals surface area contributed by atoms with Crippen molar-refractivity contribution in [2.45, 2.75) is 13.8 Å². The molecule has 0 saturated heterocycles. The van der Waals surface area contributed by atoms with Gasteiger partial charge < -0.3 is 4.42 Å². The number of thiazole rings is 1. The van der Waals surface area contributed by atoms with Gasteiger partial charge >= 0.3 is 0 Å². The molecular formula is C16H14N2O2S. The first kappa shape index (κ1) is 13.6. The Hall–Kier alpha value is -2.40. The zero-order valence-electron chi connectivity index (χ0n) is 11.7. The molecule has 0 aliphatic rings. The second-order valence-corrected chi connectivity index (χ2v) is 5.73. The second-order valence-electron chi connectivity index (χ2n) is 4.73. The zero-order valence-corrected chi connectivity index (χ0v) is 12.5. The third-order valence-corrected chi connectivity index (χ3v) is 4.22. The maximum atomic E-state index is 11.9. The minimum absolute atomic E-state index is 0.222. The Labute approximate surface area is 126 Å². The number of nitrogens with one attached hydrogen (secondary N) is 1. The zero-order chi connectivity index (χ0) is 14.8. The quantitative estimate of drug-likeness (QED) is 0.739. The summed E-state index contributed by atoms with van der Waals surface area (Å²) in [5.74, 6) is 0.418. The highest BCUT2D eigenvalue weighted by Gasteiger charge is 2.09. The van der Waals surface area contributed by atoms with Gasteiger partial charge in [0.1, 0.15) is 5.76 Å². The van der Waals surface area contributed by atoms with Crippen molar-refractivity contribution < 1.29 is 9.21 Å². The van der Waals surface area contributed by atoms with Crippen LogP contribution in [0, 0.1) is 13.8 Å². The molecule has 1 aromatic carbocycles. The van der Waals surface area contributed by atoms with E-state index in [1.807, 2.05) is 19.9 Å². The maximum absolute atomic E-state index is 11.9. The normalized spacial score (nSPS) is 11.3. The predicted octanol–water partition coefficient (Wildman–Crippen LogP) is 4.16. The lowest BCUT2D eigenvalue weighted by Gasteiger charge is -1.96. The van der Waals surface area contributed by atoms with Crippen LogP contribution in [-0.4, -0.2) is 10.9 Å². The van der Waals surface area contributed by atoms with Gasteiger partial charge in [0.15, 0.2) is 5.13 Å². The van der Waals surface area contributed by atoms with E-state index in [9.17, 15) is 4.79 Å². The lowest BCUT2D eigenvalue weighted by Crippen LogP contribution is -2.07. The average molecular weight is 298 g/mol. The van der Waals surface area contributed by atoms with Crippen molar-refractivity contribution in [1.29, 1.82) is 0 Å². The Morgan fingerprint density at radius 1 is 1.29 bits per heavy atom. The SMILES string of the molecule is Cc1ccc(C)c2sc(NC(=O)/C=C/c3ccco3)nc12. The van der Waals surface area contributed by atoms with Crippen LogP contribution in [-0.2, 0) is 4.79 Å². The molecule has 0 radical (unpaired) electrons. The molecular weight excluding hydrogens is 284 g/mol. The highest BCUT2D eigenvalue weighted by Crippen LogP contribution is 2.30. The van der Waals surface area contributed by atoms with Crippen molar-refractivity contribution >= 4 is 38.7 Å². The average Bonchev–Trinajstić information content (AvgIpc) is 3.10. The van der Waals surface area contributed by atoms with Crippen molar-refractivity contribution in [3.63, 3.8) is 0 Å². The molecule has 0 saturated carbocycles. The van der Waals surface area contributed by atoms with Crippen LogP contribution in [0.25, 0.3) is 16.3 Å². The number of hydrogen-bond acceptors (Lipinski definition) is 4. The number of aryl methyl sites for hydroxylation is 2. The smallest absolute Gasteiger partial charge is 0.250 e. The summed E-state index contributed by atoms with van der Waals surface area (Å²) in [5, 5.41) is 3.40. The molecule has 0 atom stereocenters. The summed E-state index contributed by atoms with van der Waals surface area (Å²) < 4.78 is 6.25. The molecule has 1 N–H and O–H groups in total. The van der Waals surface area contributed by atoms with E-state index in [0.29, 0.717) is 10.9 Å². The van der Waals surface area contributed by atoms with Crippen LogP contribution < -0.4 is 5.32 Å². The van der Waals surface area contributed by atoms with Gasteiger partial charge in [-0.2, -0.15) is 0 Å². The van der Waals surface area contributed by atoms with E-state index in [0.717, 1.165) is 15.8 Å². The van der Waals surface area contributed by atoms with E-state index in [2.05, 4.69) is 16.4 Å². The first-order valence-corrected chi connectivity index (χ1v) is 7.34. The molecule has 5 heteroatoms. The third-order valence-electron chi connectivity index (χ3n) is 3.11.